The highest BCUT2D eigenvalue weighted by Crippen LogP contribution is 2.28. The zero-order valence-electron chi connectivity index (χ0n) is 10.4. The van der Waals surface area contributed by atoms with E-state index in [1.54, 1.807) is 18.2 Å². The first-order valence-corrected chi connectivity index (χ1v) is 6.75. The number of halogens is 1. The van der Waals surface area contributed by atoms with Gasteiger partial charge in [0.25, 0.3) is 0 Å². The molecule has 3 rings (SSSR count). The van der Waals surface area contributed by atoms with Crippen molar-refractivity contribution < 1.29 is 4.79 Å². The standard InChI is InChI=1S/C15H10BrN3O/c16-11-4-5-13-12(7-11)14(19-8-18-13)9-2-1-3-10(6-9)15(17)20/h1-8H,(H2,17,20). The molecule has 0 saturated heterocycles. The molecule has 3 aromatic rings. The van der Waals surface area contributed by atoms with Crippen LogP contribution in [0.4, 0.5) is 0 Å². The van der Waals surface area contributed by atoms with Gasteiger partial charge >= 0.3 is 0 Å². The van der Waals surface area contributed by atoms with Gasteiger partial charge in [0.15, 0.2) is 0 Å². The molecule has 5 heteroatoms. The van der Waals surface area contributed by atoms with Crippen molar-refractivity contribution >= 4 is 32.7 Å². The van der Waals surface area contributed by atoms with E-state index in [1.165, 1.54) is 6.33 Å². The fourth-order valence-corrected chi connectivity index (χ4v) is 2.44. The Hall–Kier alpha value is -2.27. The Morgan fingerprint density at radius 3 is 2.75 bits per heavy atom. The maximum absolute atomic E-state index is 11.3. The van der Waals surface area contributed by atoms with E-state index in [9.17, 15) is 4.79 Å². The quantitative estimate of drug-likeness (QED) is 0.786. The van der Waals surface area contributed by atoms with Crippen LogP contribution in [0.25, 0.3) is 22.2 Å². The molecule has 0 fully saturated rings. The molecule has 20 heavy (non-hydrogen) atoms. The van der Waals surface area contributed by atoms with Gasteiger partial charge < -0.3 is 5.73 Å². The van der Waals surface area contributed by atoms with Crippen LogP contribution in [0.2, 0.25) is 0 Å². The van der Waals surface area contributed by atoms with Gasteiger partial charge in [0.05, 0.1) is 11.2 Å². The highest BCUT2D eigenvalue weighted by molar-refractivity contribution is 9.10. The van der Waals surface area contributed by atoms with Gasteiger partial charge in [-0.15, -0.1) is 0 Å². The normalized spacial score (nSPS) is 10.7. The predicted octanol–water partition coefficient (Wildman–Crippen LogP) is 3.16. The van der Waals surface area contributed by atoms with Crippen LogP contribution in [0.3, 0.4) is 0 Å². The summed E-state index contributed by atoms with van der Waals surface area (Å²) in [4.78, 5) is 19.9. The van der Waals surface area contributed by atoms with Gasteiger partial charge in [-0.05, 0) is 30.3 Å². The number of amides is 1. The predicted molar refractivity (Wildman–Crippen MR) is 81.2 cm³/mol. The number of benzene rings is 2. The second-order valence-electron chi connectivity index (χ2n) is 4.33. The third kappa shape index (κ3) is 2.28. The molecule has 0 atom stereocenters. The molecule has 0 aliphatic carbocycles. The number of aromatic nitrogens is 2. The Morgan fingerprint density at radius 1 is 1.10 bits per heavy atom. The average molecular weight is 328 g/mol. The van der Waals surface area contributed by atoms with Crippen molar-refractivity contribution in [2.75, 3.05) is 0 Å². The number of carbonyl (C=O) groups is 1. The summed E-state index contributed by atoms with van der Waals surface area (Å²) in [6, 6.07) is 12.9. The third-order valence-corrected chi connectivity index (χ3v) is 3.51. The van der Waals surface area contributed by atoms with E-state index in [4.69, 9.17) is 5.73 Å². The van der Waals surface area contributed by atoms with Crippen LogP contribution in [0, 0.1) is 0 Å². The van der Waals surface area contributed by atoms with Gasteiger partial charge in [0.1, 0.15) is 6.33 Å². The van der Waals surface area contributed by atoms with Crippen LogP contribution in [-0.2, 0) is 0 Å². The summed E-state index contributed by atoms with van der Waals surface area (Å²) in [5, 5.41) is 0.920. The molecule has 0 aliphatic heterocycles. The van der Waals surface area contributed by atoms with Crippen LogP contribution in [0.15, 0.2) is 53.3 Å². The van der Waals surface area contributed by atoms with E-state index in [2.05, 4.69) is 25.9 Å². The molecular weight excluding hydrogens is 318 g/mol. The topological polar surface area (TPSA) is 68.9 Å². The van der Waals surface area contributed by atoms with Crippen LogP contribution < -0.4 is 5.73 Å². The molecule has 98 valence electrons. The third-order valence-electron chi connectivity index (χ3n) is 3.02. The van der Waals surface area contributed by atoms with Crippen molar-refractivity contribution in [1.82, 2.24) is 9.97 Å². The first kappa shape index (κ1) is 12.7. The Labute approximate surface area is 123 Å². The first-order valence-electron chi connectivity index (χ1n) is 5.95. The summed E-state index contributed by atoms with van der Waals surface area (Å²) in [6.45, 7) is 0. The number of hydrogen-bond donors (Lipinski definition) is 1. The van der Waals surface area contributed by atoms with Gasteiger partial charge in [0.2, 0.25) is 5.91 Å². The van der Waals surface area contributed by atoms with Crippen LogP contribution in [0.1, 0.15) is 10.4 Å². The second-order valence-corrected chi connectivity index (χ2v) is 5.24. The minimum absolute atomic E-state index is 0.452. The lowest BCUT2D eigenvalue weighted by Crippen LogP contribution is -2.10. The number of rotatable bonds is 2. The fourth-order valence-electron chi connectivity index (χ4n) is 2.08. The number of fused-ring (bicyclic) bond motifs is 1. The lowest BCUT2D eigenvalue weighted by atomic mass is 10.0. The van der Waals surface area contributed by atoms with Crippen LogP contribution >= 0.6 is 15.9 Å². The minimum atomic E-state index is -0.452. The smallest absolute Gasteiger partial charge is 0.248 e. The summed E-state index contributed by atoms with van der Waals surface area (Å²) in [6.07, 6.45) is 1.52. The first-order chi connectivity index (χ1) is 9.65. The fraction of sp³-hybridized carbons (Fsp3) is 0. The lowest BCUT2D eigenvalue weighted by Gasteiger charge is -2.06. The maximum Gasteiger partial charge on any atom is 0.248 e. The summed E-state index contributed by atoms with van der Waals surface area (Å²) in [7, 11) is 0. The monoisotopic (exact) mass is 327 g/mol. The van der Waals surface area contributed by atoms with E-state index in [0.29, 0.717) is 5.56 Å². The molecule has 4 nitrogen and oxygen atoms in total. The Morgan fingerprint density at radius 2 is 1.95 bits per heavy atom. The molecule has 1 heterocycles. The molecular formula is C15H10BrN3O. The van der Waals surface area contributed by atoms with Crippen LogP contribution in [0.5, 0.6) is 0 Å². The zero-order valence-corrected chi connectivity index (χ0v) is 12.0. The number of carbonyl (C=O) groups excluding carboxylic acids is 1. The van der Waals surface area contributed by atoms with Crippen molar-refractivity contribution in [2.45, 2.75) is 0 Å². The molecule has 0 spiro atoms. The second kappa shape index (κ2) is 5.02. The summed E-state index contributed by atoms with van der Waals surface area (Å²) in [5.74, 6) is -0.452. The van der Waals surface area contributed by atoms with Gasteiger partial charge in [-0.1, -0.05) is 28.1 Å². The van der Waals surface area contributed by atoms with E-state index in [1.807, 2.05) is 24.3 Å². The molecule has 1 amide bonds. The van der Waals surface area contributed by atoms with Gasteiger partial charge in [0, 0.05) is 21.0 Å². The molecule has 2 aromatic carbocycles. The van der Waals surface area contributed by atoms with Crippen molar-refractivity contribution in [3.05, 3.63) is 58.8 Å². The van der Waals surface area contributed by atoms with Crippen molar-refractivity contribution in [1.29, 1.82) is 0 Å². The highest BCUT2D eigenvalue weighted by atomic mass is 79.9. The average Bonchev–Trinajstić information content (AvgIpc) is 2.46. The Bertz CT molecular complexity index is 817. The van der Waals surface area contributed by atoms with E-state index in [0.717, 1.165) is 26.6 Å². The molecule has 0 saturated carbocycles. The molecule has 0 radical (unpaired) electrons. The Kier molecular flexibility index (Phi) is 3.20. The van der Waals surface area contributed by atoms with Crippen molar-refractivity contribution in [3.63, 3.8) is 0 Å². The SMILES string of the molecule is NC(=O)c1cccc(-c2ncnc3ccc(Br)cc23)c1. The maximum atomic E-state index is 11.3. The molecule has 0 bridgehead atoms. The van der Waals surface area contributed by atoms with E-state index < -0.39 is 5.91 Å². The van der Waals surface area contributed by atoms with Gasteiger partial charge in [-0.25, -0.2) is 9.97 Å². The Balaban J connectivity index is 2.26. The van der Waals surface area contributed by atoms with Crippen LogP contribution in [-0.4, -0.2) is 15.9 Å². The number of nitrogens with two attached hydrogens (primary N) is 1. The summed E-state index contributed by atoms with van der Waals surface area (Å²) in [5.41, 5.74) is 8.25. The summed E-state index contributed by atoms with van der Waals surface area (Å²) < 4.78 is 0.951. The largest absolute Gasteiger partial charge is 0.366 e. The lowest BCUT2D eigenvalue weighted by molar-refractivity contribution is 0.100. The van der Waals surface area contributed by atoms with Crippen molar-refractivity contribution in [2.24, 2.45) is 5.73 Å². The molecule has 2 N–H and O–H groups in total. The van der Waals surface area contributed by atoms with Gasteiger partial charge in [-0.2, -0.15) is 0 Å². The van der Waals surface area contributed by atoms with E-state index in [-0.39, 0.29) is 0 Å². The molecule has 0 aliphatic rings. The van der Waals surface area contributed by atoms with Crippen molar-refractivity contribution in [3.8, 4) is 11.3 Å². The number of nitrogens with zero attached hydrogens (tertiary/aromatic N) is 2. The highest BCUT2D eigenvalue weighted by Gasteiger charge is 2.09. The molecule has 1 aromatic heterocycles. The minimum Gasteiger partial charge on any atom is -0.366 e. The summed E-state index contributed by atoms with van der Waals surface area (Å²) >= 11 is 3.45. The van der Waals surface area contributed by atoms with E-state index >= 15 is 0 Å². The number of primary amides is 1. The number of hydrogen-bond acceptors (Lipinski definition) is 3. The molecule has 0 unspecified atom stereocenters. The van der Waals surface area contributed by atoms with Gasteiger partial charge in [-0.3, -0.25) is 4.79 Å². The zero-order chi connectivity index (χ0) is 14.1.